The van der Waals surface area contributed by atoms with Crippen LogP contribution in [0.25, 0.3) is 0 Å². The van der Waals surface area contributed by atoms with Crippen LogP contribution in [0.1, 0.15) is 24.6 Å². The molecule has 4 heteroatoms. The fraction of sp³-hybridized carbons (Fsp3) is 0.643. The molecule has 0 fully saturated rings. The first kappa shape index (κ1) is 14.9. The number of aromatic nitrogens is 1. The fourth-order valence-corrected chi connectivity index (χ4v) is 1.93. The zero-order valence-corrected chi connectivity index (χ0v) is 12.0. The Bertz CT molecular complexity index is 366. The van der Waals surface area contributed by atoms with Crippen molar-refractivity contribution in [3.63, 3.8) is 0 Å². The molecule has 0 saturated heterocycles. The van der Waals surface area contributed by atoms with Crippen molar-refractivity contribution in [2.24, 2.45) is 0 Å². The second kappa shape index (κ2) is 7.34. The van der Waals surface area contributed by atoms with Crippen LogP contribution in [0.3, 0.4) is 0 Å². The first-order valence-corrected chi connectivity index (χ1v) is 6.55. The molecule has 1 rings (SSSR count). The maximum atomic E-state index is 9.15. The Morgan fingerprint density at radius 3 is 2.44 bits per heavy atom. The molecule has 0 radical (unpaired) electrons. The van der Waals surface area contributed by atoms with Crippen molar-refractivity contribution in [3.05, 3.63) is 23.4 Å². The third kappa shape index (κ3) is 4.27. The Hall–Kier alpha value is -1.13. The van der Waals surface area contributed by atoms with Crippen molar-refractivity contribution in [2.45, 2.75) is 26.9 Å². The predicted octanol–water partition coefficient (Wildman–Crippen LogP) is 1.66. The molecule has 1 aromatic rings. The number of hydrogen-bond donors (Lipinski definition) is 1. The van der Waals surface area contributed by atoms with Crippen LogP contribution in [-0.2, 0) is 6.61 Å². The molecule has 0 spiro atoms. The molecule has 0 unspecified atom stereocenters. The molecule has 0 atom stereocenters. The summed E-state index contributed by atoms with van der Waals surface area (Å²) in [6.07, 6.45) is 1.13. The van der Waals surface area contributed by atoms with E-state index < -0.39 is 0 Å². The molecule has 0 amide bonds. The third-order valence-corrected chi connectivity index (χ3v) is 3.09. The van der Waals surface area contributed by atoms with Gasteiger partial charge in [-0.2, -0.15) is 0 Å². The van der Waals surface area contributed by atoms with E-state index in [0.717, 1.165) is 43.1 Å². The minimum absolute atomic E-state index is 0.0614. The van der Waals surface area contributed by atoms with E-state index in [-0.39, 0.29) is 6.61 Å². The van der Waals surface area contributed by atoms with Gasteiger partial charge in [-0.1, -0.05) is 6.07 Å². The van der Waals surface area contributed by atoms with E-state index in [9.17, 15) is 0 Å². The van der Waals surface area contributed by atoms with Gasteiger partial charge in [0.25, 0.3) is 0 Å². The average Bonchev–Trinajstić information content (AvgIpc) is 2.34. The lowest BCUT2D eigenvalue weighted by Gasteiger charge is -2.23. The van der Waals surface area contributed by atoms with Gasteiger partial charge in [0.1, 0.15) is 5.82 Å². The number of pyridine rings is 1. The summed E-state index contributed by atoms with van der Waals surface area (Å²) in [4.78, 5) is 9.04. The normalized spacial score (nSPS) is 11.0. The van der Waals surface area contributed by atoms with E-state index in [1.165, 1.54) is 0 Å². The molecule has 0 aromatic carbocycles. The van der Waals surface area contributed by atoms with Crippen molar-refractivity contribution >= 4 is 5.82 Å². The monoisotopic (exact) mass is 251 g/mol. The lowest BCUT2D eigenvalue weighted by molar-refractivity contribution is 0.280. The molecule has 0 bridgehead atoms. The van der Waals surface area contributed by atoms with Crippen molar-refractivity contribution in [2.75, 3.05) is 38.6 Å². The Balaban J connectivity index is 2.67. The van der Waals surface area contributed by atoms with Crippen molar-refractivity contribution < 1.29 is 5.11 Å². The van der Waals surface area contributed by atoms with Crippen LogP contribution >= 0.6 is 0 Å². The smallest absolute Gasteiger partial charge is 0.128 e. The second-order valence-electron chi connectivity index (χ2n) is 4.81. The van der Waals surface area contributed by atoms with Gasteiger partial charge in [0.2, 0.25) is 0 Å². The Labute approximate surface area is 110 Å². The maximum Gasteiger partial charge on any atom is 0.128 e. The highest BCUT2D eigenvalue weighted by molar-refractivity contribution is 5.41. The van der Waals surface area contributed by atoms with Crippen LogP contribution in [0.15, 0.2) is 12.1 Å². The summed E-state index contributed by atoms with van der Waals surface area (Å²) in [6, 6.07) is 3.96. The van der Waals surface area contributed by atoms with Gasteiger partial charge in [-0.15, -0.1) is 0 Å². The van der Waals surface area contributed by atoms with E-state index in [4.69, 9.17) is 5.11 Å². The quantitative estimate of drug-likeness (QED) is 0.800. The Morgan fingerprint density at radius 2 is 1.94 bits per heavy atom. The number of aliphatic hydroxyl groups is 1. The van der Waals surface area contributed by atoms with Crippen molar-refractivity contribution in [3.8, 4) is 0 Å². The van der Waals surface area contributed by atoms with Gasteiger partial charge in [-0.25, -0.2) is 4.98 Å². The van der Waals surface area contributed by atoms with Crippen LogP contribution in [0.5, 0.6) is 0 Å². The summed E-state index contributed by atoms with van der Waals surface area (Å²) >= 11 is 0. The highest BCUT2D eigenvalue weighted by atomic mass is 16.3. The van der Waals surface area contributed by atoms with E-state index in [1.54, 1.807) is 0 Å². The first-order valence-electron chi connectivity index (χ1n) is 6.55. The zero-order valence-electron chi connectivity index (χ0n) is 12.0. The highest BCUT2D eigenvalue weighted by Crippen LogP contribution is 2.15. The first-order chi connectivity index (χ1) is 8.58. The number of rotatable bonds is 7. The topological polar surface area (TPSA) is 39.6 Å². The Kier molecular flexibility index (Phi) is 6.09. The minimum Gasteiger partial charge on any atom is -0.392 e. The fourth-order valence-electron chi connectivity index (χ4n) is 1.93. The average molecular weight is 251 g/mol. The molecule has 18 heavy (non-hydrogen) atoms. The molecule has 4 nitrogen and oxygen atoms in total. The van der Waals surface area contributed by atoms with Gasteiger partial charge in [0.05, 0.1) is 6.61 Å². The molecule has 1 heterocycles. The van der Waals surface area contributed by atoms with Crippen molar-refractivity contribution in [1.82, 2.24) is 9.88 Å². The van der Waals surface area contributed by atoms with E-state index in [0.29, 0.717) is 0 Å². The second-order valence-corrected chi connectivity index (χ2v) is 4.81. The largest absolute Gasteiger partial charge is 0.392 e. The summed E-state index contributed by atoms with van der Waals surface area (Å²) in [5, 5.41) is 9.15. The number of anilines is 1. The van der Waals surface area contributed by atoms with Gasteiger partial charge in [0, 0.05) is 18.8 Å². The van der Waals surface area contributed by atoms with Gasteiger partial charge in [-0.05, 0) is 52.5 Å². The number of hydrogen-bond acceptors (Lipinski definition) is 4. The van der Waals surface area contributed by atoms with E-state index in [2.05, 4.69) is 35.8 Å². The van der Waals surface area contributed by atoms with Gasteiger partial charge in [-0.3, -0.25) is 0 Å². The van der Waals surface area contributed by atoms with Crippen LogP contribution in [0, 0.1) is 6.92 Å². The zero-order chi connectivity index (χ0) is 13.5. The molecule has 0 saturated carbocycles. The standard InChI is InChI=1S/C14H25N3O/c1-5-17(10-6-9-16(3)4)14-8-7-13(11-18)12(2)15-14/h7-8,18H,5-6,9-11H2,1-4H3. The highest BCUT2D eigenvalue weighted by Gasteiger charge is 2.07. The summed E-state index contributed by atoms with van der Waals surface area (Å²) in [6.45, 7) is 7.21. The molecular weight excluding hydrogens is 226 g/mol. The molecule has 0 aliphatic carbocycles. The Morgan fingerprint density at radius 1 is 1.22 bits per heavy atom. The summed E-state index contributed by atoms with van der Waals surface area (Å²) < 4.78 is 0. The lowest BCUT2D eigenvalue weighted by Crippen LogP contribution is -2.28. The number of nitrogens with zero attached hydrogens (tertiary/aromatic N) is 3. The SMILES string of the molecule is CCN(CCCN(C)C)c1ccc(CO)c(C)n1. The van der Waals surface area contributed by atoms with Gasteiger partial charge in [0.15, 0.2) is 0 Å². The maximum absolute atomic E-state index is 9.15. The van der Waals surface area contributed by atoms with E-state index in [1.807, 2.05) is 19.1 Å². The lowest BCUT2D eigenvalue weighted by atomic mass is 10.2. The molecule has 102 valence electrons. The van der Waals surface area contributed by atoms with Crippen LogP contribution in [-0.4, -0.2) is 48.7 Å². The number of aliphatic hydroxyl groups excluding tert-OH is 1. The van der Waals surface area contributed by atoms with Crippen LogP contribution in [0.2, 0.25) is 0 Å². The number of aryl methyl sites for hydroxylation is 1. The minimum atomic E-state index is 0.0614. The molecule has 1 aromatic heterocycles. The van der Waals surface area contributed by atoms with Crippen LogP contribution in [0.4, 0.5) is 5.82 Å². The van der Waals surface area contributed by atoms with Crippen molar-refractivity contribution in [1.29, 1.82) is 0 Å². The van der Waals surface area contributed by atoms with Gasteiger partial charge < -0.3 is 14.9 Å². The van der Waals surface area contributed by atoms with Gasteiger partial charge >= 0.3 is 0 Å². The molecule has 1 N–H and O–H groups in total. The molecular formula is C14H25N3O. The van der Waals surface area contributed by atoms with Crippen LogP contribution < -0.4 is 4.90 Å². The van der Waals surface area contributed by atoms with E-state index >= 15 is 0 Å². The summed E-state index contributed by atoms with van der Waals surface area (Å²) in [5.41, 5.74) is 1.82. The third-order valence-electron chi connectivity index (χ3n) is 3.09. The summed E-state index contributed by atoms with van der Waals surface area (Å²) in [7, 11) is 4.18. The molecule has 0 aliphatic heterocycles. The predicted molar refractivity (Wildman–Crippen MR) is 76.0 cm³/mol. The summed E-state index contributed by atoms with van der Waals surface area (Å²) in [5.74, 6) is 1.01. The molecule has 0 aliphatic rings.